The number of para-hydroxylation sites is 1. The molecule has 0 radical (unpaired) electrons. The average molecular weight is 535 g/mol. The molecular formula is C32H26N2O6. The Bertz CT molecular complexity index is 1540. The summed E-state index contributed by atoms with van der Waals surface area (Å²) in [6.07, 6.45) is -0.969. The van der Waals surface area contributed by atoms with Gasteiger partial charge in [0.15, 0.2) is 17.6 Å². The maximum atomic E-state index is 13.8. The van der Waals surface area contributed by atoms with Crippen LogP contribution in [0.2, 0.25) is 0 Å². The van der Waals surface area contributed by atoms with Gasteiger partial charge in [-0.2, -0.15) is 0 Å². The average Bonchev–Trinajstić information content (AvgIpc) is 3.50. The molecule has 0 N–H and O–H groups in total. The van der Waals surface area contributed by atoms with Gasteiger partial charge in [-0.15, -0.1) is 0 Å². The van der Waals surface area contributed by atoms with Crippen LogP contribution in [0.15, 0.2) is 109 Å². The Kier molecular flexibility index (Phi) is 6.76. The van der Waals surface area contributed by atoms with Gasteiger partial charge < -0.3 is 9.47 Å². The van der Waals surface area contributed by atoms with Crippen molar-refractivity contribution in [3.8, 4) is 11.5 Å². The van der Waals surface area contributed by atoms with E-state index in [0.29, 0.717) is 22.6 Å². The zero-order valence-corrected chi connectivity index (χ0v) is 21.7. The summed E-state index contributed by atoms with van der Waals surface area (Å²) in [5.74, 6) is -1.42. The molecule has 2 heterocycles. The van der Waals surface area contributed by atoms with Crippen molar-refractivity contribution >= 4 is 23.5 Å². The number of carbonyl (C=O) groups excluding carboxylic acids is 3. The Morgan fingerprint density at radius 2 is 1.45 bits per heavy atom. The minimum Gasteiger partial charge on any atom is -0.493 e. The standard InChI is InChI=1S/C32H26N2O6/c1-38-26-19-23(17-18-25(26)39-32(37)22-13-7-3-8-14-22)28-27-29(40-34(28)24-15-9-4-10-16-24)31(36)33(30(27)35)20-21-11-5-2-6-12-21/h2-19,27-29H,20H2,1H3/t27-,28+,29-/m1/s1. The van der Waals surface area contributed by atoms with E-state index in [1.807, 2.05) is 66.7 Å². The van der Waals surface area contributed by atoms with Crippen molar-refractivity contribution in [2.24, 2.45) is 5.92 Å². The van der Waals surface area contributed by atoms with Crippen LogP contribution >= 0.6 is 0 Å². The van der Waals surface area contributed by atoms with Crippen molar-refractivity contribution in [2.45, 2.75) is 18.7 Å². The quantitative estimate of drug-likeness (QED) is 0.188. The summed E-state index contributed by atoms with van der Waals surface area (Å²) in [7, 11) is 1.48. The third-order valence-electron chi connectivity index (χ3n) is 7.14. The lowest BCUT2D eigenvalue weighted by Crippen LogP contribution is -2.36. The number of amides is 2. The highest BCUT2D eigenvalue weighted by Crippen LogP contribution is 2.48. The molecule has 2 saturated heterocycles. The van der Waals surface area contributed by atoms with Crippen molar-refractivity contribution < 1.29 is 28.7 Å². The molecule has 2 aliphatic heterocycles. The Morgan fingerprint density at radius 3 is 2.12 bits per heavy atom. The fraction of sp³-hybridized carbons (Fsp3) is 0.156. The number of esters is 1. The molecule has 0 aliphatic carbocycles. The summed E-state index contributed by atoms with van der Waals surface area (Å²) in [6.45, 7) is 0.171. The molecule has 6 rings (SSSR count). The zero-order chi connectivity index (χ0) is 27.6. The van der Waals surface area contributed by atoms with E-state index >= 15 is 0 Å². The van der Waals surface area contributed by atoms with E-state index in [0.717, 1.165) is 5.56 Å². The largest absolute Gasteiger partial charge is 0.493 e. The van der Waals surface area contributed by atoms with E-state index in [1.165, 1.54) is 12.0 Å². The highest BCUT2D eigenvalue weighted by Gasteiger charge is 2.59. The number of likely N-dealkylation sites (tertiary alicyclic amines) is 1. The number of hydroxylamine groups is 1. The van der Waals surface area contributed by atoms with Crippen molar-refractivity contribution in [3.05, 3.63) is 126 Å². The Labute approximate surface area is 231 Å². The van der Waals surface area contributed by atoms with Crippen LogP contribution in [0.4, 0.5) is 5.69 Å². The van der Waals surface area contributed by atoms with Gasteiger partial charge in [0.2, 0.25) is 5.91 Å². The number of benzene rings is 4. The number of rotatable bonds is 7. The van der Waals surface area contributed by atoms with Crippen LogP contribution in [0.3, 0.4) is 0 Å². The van der Waals surface area contributed by atoms with Crippen molar-refractivity contribution in [1.29, 1.82) is 0 Å². The minimum absolute atomic E-state index is 0.171. The molecular weight excluding hydrogens is 508 g/mol. The third kappa shape index (κ3) is 4.58. The molecule has 200 valence electrons. The number of imide groups is 1. The summed E-state index contributed by atoms with van der Waals surface area (Å²) in [5, 5.41) is 1.62. The molecule has 0 saturated carbocycles. The maximum Gasteiger partial charge on any atom is 0.343 e. The van der Waals surface area contributed by atoms with Crippen molar-refractivity contribution in [2.75, 3.05) is 12.2 Å². The summed E-state index contributed by atoms with van der Waals surface area (Å²) >= 11 is 0. The molecule has 0 aromatic heterocycles. The topological polar surface area (TPSA) is 85.4 Å². The lowest BCUT2D eigenvalue weighted by atomic mass is 9.90. The van der Waals surface area contributed by atoms with Crippen LogP contribution in [-0.2, 0) is 21.0 Å². The first-order chi connectivity index (χ1) is 19.5. The van der Waals surface area contributed by atoms with E-state index in [2.05, 4.69) is 0 Å². The van der Waals surface area contributed by atoms with Gasteiger partial charge in [0.1, 0.15) is 5.92 Å². The molecule has 8 heteroatoms. The van der Waals surface area contributed by atoms with Crippen LogP contribution in [0.1, 0.15) is 27.5 Å². The van der Waals surface area contributed by atoms with E-state index in [1.54, 1.807) is 47.5 Å². The van der Waals surface area contributed by atoms with Crippen molar-refractivity contribution in [1.82, 2.24) is 4.90 Å². The Hall–Kier alpha value is -4.95. The maximum absolute atomic E-state index is 13.8. The Morgan fingerprint density at radius 1 is 0.800 bits per heavy atom. The number of anilines is 1. The highest BCUT2D eigenvalue weighted by molar-refractivity contribution is 6.07. The van der Waals surface area contributed by atoms with Crippen LogP contribution in [0.25, 0.3) is 0 Å². The van der Waals surface area contributed by atoms with Gasteiger partial charge in [0.05, 0.1) is 30.9 Å². The predicted octanol–water partition coefficient (Wildman–Crippen LogP) is 4.96. The van der Waals surface area contributed by atoms with Gasteiger partial charge in [-0.05, 0) is 47.5 Å². The number of nitrogens with zero attached hydrogens (tertiary/aromatic N) is 2. The van der Waals surface area contributed by atoms with Crippen LogP contribution in [0, 0.1) is 5.92 Å². The van der Waals surface area contributed by atoms with Crippen LogP contribution in [-0.4, -0.2) is 35.9 Å². The summed E-state index contributed by atoms with van der Waals surface area (Å²) in [6, 6.07) is 31.9. The molecule has 2 amide bonds. The van der Waals surface area contributed by atoms with E-state index in [9.17, 15) is 14.4 Å². The highest BCUT2D eigenvalue weighted by atomic mass is 16.7. The second kappa shape index (κ2) is 10.7. The number of hydrogen-bond acceptors (Lipinski definition) is 7. The van der Waals surface area contributed by atoms with Gasteiger partial charge in [0.25, 0.3) is 5.91 Å². The predicted molar refractivity (Wildman–Crippen MR) is 146 cm³/mol. The van der Waals surface area contributed by atoms with Gasteiger partial charge in [-0.3, -0.25) is 19.3 Å². The second-order valence-electron chi connectivity index (χ2n) is 9.57. The normalized spacial score (nSPS) is 20.0. The number of fused-ring (bicyclic) bond motifs is 1. The van der Waals surface area contributed by atoms with Gasteiger partial charge in [0, 0.05) is 0 Å². The fourth-order valence-corrected chi connectivity index (χ4v) is 5.22. The first-order valence-electron chi connectivity index (χ1n) is 12.9. The molecule has 2 aliphatic rings. The summed E-state index contributed by atoms with van der Waals surface area (Å²) < 4.78 is 11.2. The smallest absolute Gasteiger partial charge is 0.343 e. The van der Waals surface area contributed by atoms with E-state index in [-0.39, 0.29) is 24.1 Å². The number of methoxy groups -OCH3 is 1. The molecule has 4 aromatic carbocycles. The first kappa shape index (κ1) is 25.3. The fourth-order valence-electron chi connectivity index (χ4n) is 5.22. The number of ether oxygens (including phenoxy) is 2. The summed E-state index contributed by atoms with van der Waals surface area (Å²) in [5.41, 5.74) is 2.64. The number of carbonyl (C=O) groups is 3. The number of hydrogen-bond donors (Lipinski definition) is 0. The minimum atomic E-state index is -0.969. The van der Waals surface area contributed by atoms with Gasteiger partial charge in [-0.1, -0.05) is 72.8 Å². The first-order valence-corrected chi connectivity index (χ1v) is 12.9. The van der Waals surface area contributed by atoms with Gasteiger partial charge in [-0.25, -0.2) is 9.86 Å². The SMILES string of the molecule is COc1cc([C@H]2[C@H]3C(=O)N(Cc4ccccc4)C(=O)[C@@H]3ON2c2ccccc2)ccc1OC(=O)c1ccccc1. The lowest BCUT2D eigenvalue weighted by molar-refractivity contribution is -0.143. The molecule has 4 aromatic rings. The molecule has 3 atom stereocenters. The second-order valence-corrected chi connectivity index (χ2v) is 9.57. The Balaban J connectivity index is 1.35. The zero-order valence-electron chi connectivity index (χ0n) is 21.7. The van der Waals surface area contributed by atoms with Crippen LogP contribution in [0.5, 0.6) is 11.5 Å². The van der Waals surface area contributed by atoms with Crippen LogP contribution < -0.4 is 14.5 Å². The summed E-state index contributed by atoms with van der Waals surface area (Å²) in [4.78, 5) is 47.4. The molecule has 2 fully saturated rings. The lowest BCUT2D eigenvalue weighted by Gasteiger charge is -2.29. The van der Waals surface area contributed by atoms with E-state index in [4.69, 9.17) is 14.3 Å². The molecule has 40 heavy (non-hydrogen) atoms. The third-order valence-corrected chi connectivity index (χ3v) is 7.14. The van der Waals surface area contributed by atoms with Crippen molar-refractivity contribution in [3.63, 3.8) is 0 Å². The molecule has 0 bridgehead atoms. The van der Waals surface area contributed by atoms with E-state index < -0.39 is 24.0 Å². The molecule has 0 unspecified atom stereocenters. The molecule has 0 spiro atoms. The monoisotopic (exact) mass is 534 g/mol. The van der Waals surface area contributed by atoms with Gasteiger partial charge >= 0.3 is 5.97 Å². The molecule has 8 nitrogen and oxygen atoms in total.